The molecule has 0 bridgehead atoms. The first-order valence-electron chi connectivity index (χ1n) is 9.01. The second kappa shape index (κ2) is 8.50. The molecular formula is C18H18ClFN8O. The van der Waals surface area contributed by atoms with Gasteiger partial charge in [0.1, 0.15) is 23.2 Å². The van der Waals surface area contributed by atoms with Crippen molar-refractivity contribution in [2.45, 2.75) is 0 Å². The van der Waals surface area contributed by atoms with Crippen molar-refractivity contribution in [3.63, 3.8) is 0 Å². The summed E-state index contributed by atoms with van der Waals surface area (Å²) in [5, 5.41) is 9.05. The number of hydrogen-bond acceptors (Lipinski definition) is 8. The van der Waals surface area contributed by atoms with Crippen LogP contribution in [0, 0.1) is 5.82 Å². The van der Waals surface area contributed by atoms with Crippen LogP contribution in [0.3, 0.4) is 0 Å². The topological polar surface area (TPSA) is 108 Å². The predicted molar refractivity (Wildman–Crippen MR) is 108 cm³/mol. The minimum atomic E-state index is -0.496. The molecule has 0 saturated carbocycles. The molecule has 1 aliphatic heterocycles. The molecule has 1 aromatic carbocycles. The molecule has 0 unspecified atom stereocenters. The molecule has 1 fully saturated rings. The summed E-state index contributed by atoms with van der Waals surface area (Å²) in [5.41, 5.74) is 1.66. The van der Waals surface area contributed by atoms with Crippen LogP contribution in [0.25, 0.3) is 11.0 Å². The van der Waals surface area contributed by atoms with E-state index in [1.54, 1.807) is 12.3 Å². The van der Waals surface area contributed by atoms with Crippen LogP contribution in [0.1, 0.15) is 0 Å². The summed E-state index contributed by atoms with van der Waals surface area (Å²) in [6.07, 6.45) is 3.00. The zero-order valence-electron chi connectivity index (χ0n) is 15.3. The predicted octanol–water partition coefficient (Wildman–Crippen LogP) is 1.80. The molecule has 4 rings (SSSR count). The van der Waals surface area contributed by atoms with E-state index in [0.29, 0.717) is 54.7 Å². The number of carbonyl (C=O) groups excluding carboxylic acids is 1. The zero-order valence-corrected chi connectivity index (χ0v) is 16.1. The first kappa shape index (κ1) is 19.2. The monoisotopic (exact) mass is 416 g/mol. The molecule has 1 aliphatic rings. The number of nitrogens with one attached hydrogen (secondary N) is 3. The normalized spacial score (nSPS) is 14.6. The first-order valence-corrected chi connectivity index (χ1v) is 9.39. The Labute approximate surface area is 170 Å². The smallest absolute Gasteiger partial charge is 0.234 e. The van der Waals surface area contributed by atoms with Crippen molar-refractivity contribution in [1.29, 1.82) is 0 Å². The number of anilines is 3. The summed E-state index contributed by atoms with van der Waals surface area (Å²) >= 11 is 5.84. The number of benzene rings is 1. The Kier molecular flexibility index (Phi) is 5.63. The van der Waals surface area contributed by atoms with Gasteiger partial charge in [-0.2, -0.15) is 0 Å². The molecule has 3 heterocycles. The number of rotatable bonds is 6. The average Bonchev–Trinajstić information content (AvgIpc) is 2.71. The molecule has 29 heavy (non-hydrogen) atoms. The Morgan fingerprint density at radius 3 is 3.00 bits per heavy atom. The number of hydrogen-bond donors (Lipinski definition) is 3. The summed E-state index contributed by atoms with van der Waals surface area (Å²) in [5.74, 6) is 0.418. The van der Waals surface area contributed by atoms with Crippen LogP contribution < -0.4 is 16.0 Å². The first-order chi connectivity index (χ1) is 14.1. The third-order valence-electron chi connectivity index (χ3n) is 4.39. The van der Waals surface area contributed by atoms with E-state index < -0.39 is 5.82 Å². The molecule has 1 amide bonds. The summed E-state index contributed by atoms with van der Waals surface area (Å²) in [6, 6.07) is 4.31. The zero-order chi connectivity index (χ0) is 20.2. The molecule has 2 aromatic heterocycles. The fourth-order valence-corrected chi connectivity index (χ4v) is 3.13. The number of amides is 1. The fourth-order valence-electron chi connectivity index (χ4n) is 2.95. The molecule has 0 aliphatic carbocycles. The Morgan fingerprint density at radius 1 is 1.28 bits per heavy atom. The highest BCUT2D eigenvalue weighted by molar-refractivity contribution is 6.31. The molecule has 9 nitrogen and oxygen atoms in total. The molecule has 0 spiro atoms. The van der Waals surface area contributed by atoms with Crippen LogP contribution in [-0.4, -0.2) is 63.5 Å². The van der Waals surface area contributed by atoms with E-state index in [9.17, 15) is 9.18 Å². The highest BCUT2D eigenvalue weighted by Crippen LogP contribution is 2.25. The maximum Gasteiger partial charge on any atom is 0.234 e. The molecular weight excluding hydrogens is 399 g/mol. The van der Waals surface area contributed by atoms with Gasteiger partial charge in [0, 0.05) is 31.9 Å². The summed E-state index contributed by atoms with van der Waals surface area (Å²) in [4.78, 5) is 30.7. The summed E-state index contributed by atoms with van der Waals surface area (Å²) < 4.78 is 13.4. The lowest BCUT2D eigenvalue weighted by atomic mass is 10.3. The van der Waals surface area contributed by atoms with E-state index >= 15 is 0 Å². The maximum absolute atomic E-state index is 13.4. The van der Waals surface area contributed by atoms with E-state index in [4.69, 9.17) is 11.6 Å². The van der Waals surface area contributed by atoms with E-state index in [1.807, 2.05) is 0 Å². The highest BCUT2D eigenvalue weighted by Gasteiger charge is 2.15. The van der Waals surface area contributed by atoms with Crippen LogP contribution in [0.2, 0.25) is 5.02 Å². The van der Waals surface area contributed by atoms with Crippen LogP contribution in [0.4, 0.5) is 21.8 Å². The second-order valence-electron chi connectivity index (χ2n) is 6.46. The number of nitrogens with zero attached hydrogens (tertiary/aromatic N) is 5. The van der Waals surface area contributed by atoms with Crippen molar-refractivity contribution in [1.82, 2.24) is 30.2 Å². The minimum absolute atomic E-state index is 0.0109. The molecule has 1 saturated heterocycles. The fraction of sp³-hybridized carbons (Fsp3) is 0.278. The van der Waals surface area contributed by atoms with Gasteiger partial charge >= 0.3 is 0 Å². The van der Waals surface area contributed by atoms with Crippen molar-refractivity contribution in [2.24, 2.45) is 0 Å². The van der Waals surface area contributed by atoms with Gasteiger partial charge in [-0.25, -0.2) is 24.3 Å². The molecule has 3 aromatic rings. The van der Waals surface area contributed by atoms with Gasteiger partial charge in [0.05, 0.1) is 17.8 Å². The molecule has 3 N–H and O–H groups in total. The SMILES string of the molecule is O=C1CN(CCNc2ncc3ncnc(Nc4ccc(F)c(Cl)c4)c3n2)CCN1. The van der Waals surface area contributed by atoms with Crippen molar-refractivity contribution in [3.8, 4) is 0 Å². The third-order valence-corrected chi connectivity index (χ3v) is 4.68. The van der Waals surface area contributed by atoms with Crippen LogP contribution in [-0.2, 0) is 4.79 Å². The number of aromatic nitrogens is 4. The van der Waals surface area contributed by atoms with E-state index in [2.05, 4.69) is 40.8 Å². The standard InChI is InChI=1S/C18H18ClFN8O/c19-12-7-11(1-2-13(12)20)26-17-16-14(24-10-25-17)8-23-18(27-16)22-4-6-28-5-3-21-15(29)9-28/h1-2,7-8,10H,3-6,9H2,(H,21,29)(H,22,23,27)(H,24,25,26). The number of halogens is 2. The van der Waals surface area contributed by atoms with Gasteiger partial charge in [-0.15, -0.1) is 0 Å². The van der Waals surface area contributed by atoms with Crippen molar-refractivity contribution in [2.75, 3.05) is 43.4 Å². The number of piperazine rings is 1. The largest absolute Gasteiger partial charge is 0.354 e. The lowest BCUT2D eigenvalue weighted by molar-refractivity contribution is -0.124. The van der Waals surface area contributed by atoms with Crippen LogP contribution in [0.5, 0.6) is 0 Å². The van der Waals surface area contributed by atoms with Crippen molar-refractivity contribution >= 4 is 46.0 Å². The van der Waals surface area contributed by atoms with E-state index in [-0.39, 0.29) is 10.9 Å². The van der Waals surface area contributed by atoms with Gasteiger partial charge in [-0.05, 0) is 18.2 Å². The maximum atomic E-state index is 13.4. The van der Waals surface area contributed by atoms with Gasteiger partial charge in [0.15, 0.2) is 5.82 Å². The molecule has 150 valence electrons. The van der Waals surface area contributed by atoms with E-state index in [0.717, 1.165) is 6.54 Å². The Hall–Kier alpha value is -3.11. The van der Waals surface area contributed by atoms with Crippen LogP contribution in [0.15, 0.2) is 30.7 Å². The second-order valence-corrected chi connectivity index (χ2v) is 6.86. The van der Waals surface area contributed by atoms with Crippen LogP contribution >= 0.6 is 11.6 Å². The van der Waals surface area contributed by atoms with Crippen molar-refractivity contribution in [3.05, 3.63) is 41.6 Å². The number of carbonyl (C=O) groups is 1. The molecule has 11 heteroatoms. The van der Waals surface area contributed by atoms with Gasteiger partial charge in [-0.3, -0.25) is 9.69 Å². The Balaban J connectivity index is 1.48. The molecule has 0 radical (unpaired) electrons. The average molecular weight is 417 g/mol. The lowest BCUT2D eigenvalue weighted by Gasteiger charge is -2.26. The van der Waals surface area contributed by atoms with Gasteiger partial charge in [0.25, 0.3) is 0 Å². The van der Waals surface area contributed by atoms with Gasteiger partial charge in [-0.1, -0.05) is 11.6 Å². The van der Waals surface area contributed by atoms with Crippen molar-refractivity contribution < 1.29 is 9.18 Å². The summed E-state index contributed by atoms with van der Waals surface area (Å²) in [6.45, 7) is 3.14. The lowest BCUT2D eigenvalue weighted by Crippen LogP contribution is -2.48. The van der Waals surface area contributed by atoms with E-state index in [1.165, 1.54) is 18.5 Å². The summed E-state index contributed by atoms with van der Waals surface area (Å²) in [7, 11) is 0. The minimum Gasteiger partial charge on any atom is -0.354 e. The quantitative estimate of drug-likeness (QED) is 0.558. The Bertz CT molecular complexity index is 1050. The van der Waals surface area contributed by atoms with Gasteiger partial charge < -0.3 is 16.0 Å². The highest BCUT2D eigenvalue weighted by atomic mass is 35.5. The Morgan fingerprint density at radius 2 is 2.17 bits per heavy atom. The third kappa shape index (κ3) is 4.66. The van der Waals surface area contributed by atoms with Gasteiger partial charge in [0.2, 0.25) is 11.9 Å². The molecule has 0 atom stereocenters. The number of fused-ring (bicyclic) bond motifs is 1.